The van der Waals surface area contributed by atoms with Gasteiger partial charge in [0.1, 0.15) is 5.82 Å². The van der Waals surface area contributed by atoms with Crippen LogP contribution in [0.3, 0.4) is 0 Å². The van der Waals surface area contributed by atoms with Crippen molar-refractivity contribution in [1.29, 1.82) is 0 Å². The van der Waals surface area contributed by atoms with Crippen LogP contribution in [0.25, 0.3) is 0 Å². The highest BCUT2D eigenvalue weighted by Gasteiger charge is 2.26. The number of pyridine rings is 1. The number of hydrogen-bond acceptors (Lipinski definition) is 4. The number of rotatable bonds is 7. The van der Waals surface area contributed by atoms with Crippen LogP contribution in [0.4, 0.5) is 5.82 Å². The van der Waals surface area contributed by atoms with E-state index >= 15 is 0 Å². The lowest BCUT2D eigenvalue weighted by molar-refractivity contribution is 0.171. The minimum absolute atomic E-state index is 0.710. The smallest absolute Gasteiger partial charge is 0.128 e. The fourth-order valence-corrected chi connectivity index (χ4v) is 3.19. The van der Waals surface area contributed by atoms with Gasteiger partial charge in [-0.15, -0.1) is 0 Å². The summed E-state index contributed by atoms with van der Waals surface area (Å²) in [5.74, 6) is 1.13. The highest BCUT2D eigenvalue weighted by molar-refractivity contribution is 5.38. The number of nitrogens with one attached hydrogen (secondary N) is 1. The van der Waals surface area contributed by atoms with E-state index < -0.39 is 0 Å². The normalized spacial score (nSPS) is 21.5. The minimum atomic E-state index is 0.710. The van der Waals surface area contributed by atoms with Crippen molar-refractivity contribution in [2.45, 2.75) is 44.7 Å². The molecule has 1 saturated heterocycles. The zero-order valence-corrected chi connectivity index (χ0v) is 13.2. The molecule has 2 fully saturated rings. The number of piperazine rings is 1. The summed E-state index contributed by atoms with van der Waals surface area (Å²) in [6, 6.07) is 7.71. The van der Waals surface area contributed by atoms with Crippen LogP contribution in [0.15, 0.2) is 24.4 Å². The first-order valence-corrected chi connectivity index (χ1v) is 8.50. The second-order valence-electron chi connectivity index (χ2n) is 6.34. The summed E-state index contributed by atoms with van der Waals surface area (Å²) in [5.41, 5.74) is 0. The maximum Gasteiger partial charge on any atom is 0.128 e. The lowest BCUT2D eigenvalue weighted by Gasteiger charge is -2.40. The second-order valence-corrected chi connectivity index (χ2v) is 6.34. The number of anilines is 1. The van der Waals surface area contributed by atoms with Crippen LogP contribution < -0.4 is 10.2 Å². The fraction of sp³-hybridized carbons (Fsp3) is 0.706. The van der Waals surface area contributed by atoms with Crippen molar-refractivity contribution < 1.29 is 0 Å². The van der Waals surface area contributed by atoms with Gasteiger partial charge in [-0.05, 0) is 31.4 Å². The Bertz CT molecular complexity index is 410. The Hall–Kier alpha value is -1.13. The summed E-state index contributed by atoms with van der Waals surface area (Å²) < 4.78 is 0. The fourth-order valence-electron chi connectivity index (χ4n) is 3.19. The van der Waals surface area contributed by atoms with Gasteiger partial charge in [-0.25, -0.2) is 4.98 Å². The van der Waals surface area contributed by atoms with Crippen LogP contribution in [-0.4, -0.2) is 54.7 Å². The van der Waals surface area contributed by atoms with Gasteiger partial charge in [-0.1, -0.05) is 19.4 Å². The molecule has 1 aliphatic heterocycles. The quantitative estimate of drug-likeness (QED) is 0.833. The molecule has 4 heteroatoms. The van der Waals surface area contributed by atoms with Gasteiger partial charge in [0, 0.05) is 51.0 Å². The molecule has 0 radical (unpaired) electrons. The predicted molar refractivity (Wildman–Crippen MR) is 87.7 cm³/mol. The van der Waals surface area contributed by atoms with Crippen molar-refractivity contribution in [3.63, 3.8) is 0 Å². The van der Waals surface area contributed by atoms with E-state index in [0.717, 1.165) is 38.0 Å². The van der Waals surface area contributed by atoms with E-state index in [1.807, 2.05) is 12.3 Å². The average molecular weight is 288 g/mol. The molecular weight excluding hydrogens is 260 g/mol. The molecule has 1 N–H and O–H groups in total. The van der Waals surface area contributed by atoms with Gasteiger partial charge in [0.2, 0.25) is 0 Å². The number of hydrogen-bond donors (Lipinski definition) is 1. The molecule has 116 valence electrons. The van der Waals surface area contributed by atoms with E-state index in [2.05, 4.69) is 39.2 Å². The first-order chi connectivity index (χ1) is 10.4. The Balaban J connectivity index is 1.50. The molecular formula is C17H28N4. The van der Waals surface area contributed by atoms with Crippen molar-refractivity contribution in [2.75, 3.05) is 37.6 Å². The van der Waals surface area contributed by atoms with Gasteiger partial charge >= 0.3 is 0 Å². The molecule has 4 nitrogen and oxygen atoms in total. The zero-order valence-electron chi connectivity index (χ0n) is 13.2. The van der Waals surface area contributed by atoms with E-state index in [0.29, 0.717) is 6.04 Å². The Kier molecular flexibility index (Phi) is 5.09. The highest BCUT2D eigenvalue weighted by atomic mass is 15.3. The van der Waals surface area contributed by atoms with Crippen LogP contribution in [-0.2, 0) is 0 Å². The van der Waals surface area contributed by atoms with Crippen LogP contribution in [0.1, 0.15) is 32.6 Å². The van der Waals surface area contributed by atoms with Crippen molar-refractivity contribution in [2.24, 2.45) is 0 Å². The van der Waals surface area contributed by atoms with Crippen molar-refractivity contribution in [3.05, 3.63) is 24.4 Å². The molecule has 2 heterocycles. The molecule has 21 heavy (non-hydrogen) atoms. The molecule has 1 saturated carbocycles. The summed E-state index contributed by atoms with van der Waals surface area (Å²) in [7, 11) is 0. The molecule has 0 amide bonds. The van der Waals surface area contributed by atoms with Gasteiger partial charge in [-0.3, -0.25) is 4.90 Å². The van der Waals surface area contributed by atoms with Gasteiger partial charge in [-0.2, -0.15) is 0 Å². The summed E-state index contributed by atoms with van der Waals surface area (Å²) in [6.45, 7) is 7.98. The molecule has 1 aliphatic carbocycles. The topological polar surface area (TPSA) is 31.4 Å². The number of nitrogens with zero attached hydrogens (tertiary/aromatic N) is 3. The Morgan fingerprint density at radius 3 is 2.67 bits per heavy atom. The maximum atomic E-state index is 4.47. The van der Waals surface area contributed by atoms with Gasteiger partial charge in [0.05, 0.1) is 0 Å². The molecule has 0 bridgehead atoms. The molecule has 3 rings (SSSR count). The van der Waals surface area contributed by atoms with E-state index in [1.165, 1.54) is 32.2 Å². The molecule has 0 aromatic carbocycles. The van der Waals surface area contributed by atoms with Gasteiger partial charge in [0.25, 0.3) is 0 Å². The van der Waals surface area contributed by atoms with Gasteiger partial charge < -0.3 is 10.2 Å². The van der Waals surface area contributed by atoms with Gasteiger partial charge in [0.15, 0.2) is 0 Å². The van der Waals surface area contributed by atoms with E-state index in [4.69, 9.17) is 0 Å². The lowest BCUT2D eigenvalue weighted by atomic mass is 10.1. The molecule has 2 aliphatic rings. The van der Waals surface area contributed by atoms with Crippen molar-refractivity contribution >= 4 is 5.82 Å². The van der Waals surface area contributed by atoms with E-state index in [1.54, 1.807) is 0 Å². The standard InChI is InChI=1S/C17H28N4/c1-2-5-16(14-19-15-7-8-15)20-10-12-21(13-11-20)17-6-3-4-9-18-17/h3-4,6,9,15-16,19H,2,5,7-8,10-14H2,1H3. The van der Waals surface area contributed by atoms with Crippen LogP contribution >= 0.6 is 0 Å². The first kappa shape index (κ1) is 14.8. The molecule has 0 spiro atoms. The average Bonchev–Trinajstić information content (AvgIpc) is 3.37. The summed E-state index contributed by atoms with van der Waals surface area (Å²) in [5, 5.41) is 3.71. The van der Waals surface area contributed by atoms with E-state index in [-0.39, 0.29) is 0 Å². The third-order valence-corrected chi connectivity index (χ3v) is 4.65. The van der Waals surface area contributed by atoms with Crippen molar-refractivity contribution in [3.8, 4) is 0 Å². The molecule has 1 aromatic heterocycles. The van der Waals surface area contributed by atoms with Crippen LogP contribution in [0, 0.1) is 0 Å². The maximum absolute atomic E-state index is 4.47. The van der Waals surface area contributed by atoms with E-state index in [9.17, 15) is 0 Å². The molecule has 1 atom stereocenters. The summed E-state index contributed by atoms with van der Waals surface area (Å²) >= 11 is 0. The molecule has 1 aromatic rings. The summed E-state index contributed by atoms with van der Waals surface area (Å²) in [4.78, 5) is 9.56. The lowest BCUT2D eigenvalue weighted by Crippen LogP contribution is -2.53. The van der Waals surface area contributed by atoms with Crippen molar-refractivity contribution in [1.82, 2.24) is 15.2 Å². The Labute approximate surface area is 128 Å². The second kappa shape index (κ2) is 7.23. The highest BCUT2D eigenvalue weighted by Crippen LogP contribution is 2.20. The monoisotopic (exact) mass is 288 g/mol. The molecule has 1 unspecified atom stereocenters. The predicted octanol–water partition coefficient (Wildman–Crippen LogP) is 2.12. The third-order valence-electron chi connectivity index (χ3n) is 4.65. The minimum Gasteiger partial charge on any atom is -0.354 e. The Morgan fingerprint density at radius 1 is 1.24 bits per heavy atom. The van der Waals surface area contributed by atoms with Crippen LogP contribution in [0.5, 0.6) is 0 Å². The first-order valence-electron chi connectivity index (χ1n) is 8.50. The number of aromatic nitrogens is 1. The van der Waals surface area contributed by atoms with Crippen LogP contribution in [0.2, 0.25) is 0 Å². The largest absolute Gasteiger partial charge is 0.354 e. The summed E-state index contributed by atoms with van der Waals surface area (Å²) in [6.07, 6.45) is 7.24. The zero-order chi connectivity index (χ0) is 14.5. The SMILES string of the molecule is CCCC(CNC1CC1)N1CCN(c2ccccn2)CC1. The third kappa shape index (κ3) is 4.17. The Morgan fingerprint density at radius 2 is 2.05 bits per heavy atom.